The fraction of sp³-hybridized carbons (Fsp3) is 0.444. The van der Waals surface area contributed by atoms with Crippen LogP contribution in [0.25, 0.3) is 0 Å². The second kappa shape index (κ2) is 10.4. The summed E-state index contributed by atoms with van der Waals surface area (Å²) in [4.78, 5) is 24.4. The molecule has 144 valence electrons. The number of hydrogen-bond acceptors (Lipinski definition) is 7. The summed E-state index contributed by atoms with van der Waals surface area (Å²) in [5.74, 6) is 1.08. The predicted octanol–water partition coefficient (Wildman–Crippen LogP) is 2.96. The minimum atomic E-state index is -0.186. The third-order valence-corrected chi connectivity index (χ3v) is 5.85. The van der Waals surface area contributed by atoms with Crippen LogP contribution < -0.4 is 10.6 Å². The Morgan fingerprint density at radius 2 is 2.22 bits per heavy atom. The molecule has 0 bridgehead atoms. The molecule has 1 aliphatic rings. The molecular formula is C18H22N4O3S2. The Labute approximate surface area is 166 Å². The van der Waals surface area contributed by atoms with Crippen molar-refractivity contribution in [3.05, 3.63) is 34.5 Å². The van der Waals surface area contributed by atoms with Gasteiger partial charge in [-0.05, 0) is 42.8 Å². The molecule has 0 saturated carbocycles. The molecule has 2 N–H and O–H groups in total. The number of ether oxygens (including phenoxy) is 1. The molecule has 2 amide bonds. The van der Waals surface area contributed by atoms with Crippen molar-refractivity contribution < 1.29 is 14.3 Å². The smallest absolute Gasteiger partial charge is 0.266 e. The number of nitrogens with zero attached hydrogens (tertiary/aromatic N) is 2. The number of thioether (sulfide) groups is 1. The average molecular weight is 407 g/mol. The Bertz CT molecular complexity index is 732. The van der Waals surface area contributed by atoms with Gasteiger partial charge in [-0.15, -0.1) is 33.3 Å². The van der Waals surface area contributed by atoms with Gasteiger partial charge in [-0.1, -0.05) is 6.07 Å². The maximum Gasteiger partial charge on any atom is 0.266 e. The maximum absolute atomic E-state index is 12.0. The van der Waals surface area contributed by atoms with Crippen LogP contribution in [0.4, 0.5) is 5.82 Å². The molecular weight excluding hydrogens is 384 g/mol. The fourth-order valence-electron chi connectivity index (χ4n) is 2.58. The highest BCUT2D eigenvalue weighted by molar-refractivity contribution is 7.99. The van der Waals surface area contributed by atoms with Crippen LogP contribution in [0.3, 0.4) is 0 Å². The third-order valence-electron chi connectivity index (χ3n) is 3.98. The van der Waals surface area contributed by atoms with Gasteiger partial charge in [0, 0.05) is 25.3 Å². The van der Waals surface area contributed by atoms with Gasteiger partial charge in [0.15, 0.2) is 5.82 Å². The van der Waals surface area contributed by atoms with E-state index in [9.17, 15) is 9.59 Å². The van der Waals surface area contributed by atoms with Crippen LogP contribution in [0, 0.1) is 0 Å². The Balaban J connectivity index is 1.31. The van der Waals surface area contributed by atoms with Gasteiger partial charge in [-0.2, -0.15) is 0 Å². The van der Waals surface area contributed by atoms with Crippen molar-refractivity contribution in [1.82, 2.24) is 15.5 Å². The lowest BCUT2D eigenvalue weighted by molar-refractivity contribution is -0.121. The first kappa shape index (κ1) is 19.8. The highest BCUT2D eigenvalue weighted by atomic mass is 32.2. The molecule has 0 radical (unpaired) electrons. The number of carbonyl (C=O) groups excluding carboxylic acids is 2. The van der Waals surface area contributed by atoms with E-state index in [2.05, 4.69) is 20.8 Å². The molecule has 2 aromatic rings. The predicted molar refractivity (Wildman–Crippen MR) is 106 cm³/mol. The van der Waals surface area contributed by atoms with Crippen molar-refractivity contribution in [3.63, 3.8) is 0 Å². The largest absolute Gasteiger partial charge is 0.376 e. The molecule has 0 unspecified atom stereocenters. The number of amides is 2. The zero-order valence-corrected chi connectivity index (χ0v) is 16.5. The van der Waals surface area contributed by atoms with Crippen molar-refractivity contribution in [2.45, 2.75) is 36.8 Å². The molecule has 9 heteroatoms. The molecule has 1 saturated heterocycles. The number of nitrogens with one attached hydrogen (secondary N) is 2. The third kappa shape index (κ3) is 6.60. The highest BCUT2D eigenvalue weighted by Crippen LogP contribution is 2.18. The van der Waals surface area contributed by atoms with Crippen LogP contribution in [0.1, 0.15) is 35.4 Å². The Kier molecular flexibility index (Phi) is 7.61. The molecule has 2 aromatic heterocycles. The van der Waals surface area contributed by atoms with E-state index >= 15 is 0 Å². The van der Waals surface area contributed by atoms with Gasteiger partial charge in [0.05, 0.1) is 11.0 Å². The Hall–Kier alpha value is -1.97. The average Bonchev–Trinajstić information content (AvgIpc) is 3.38. The zero-order valence-electron chi connectivity index (χ0n) is 14.8. The maximum atomic E-state index is 12.0. The lowest BCUT2D eigenvalue weighted by atomic mass is 10.2. The molecule has 0 aromatic carbocycles. The molecule has 27 heavy (non-hydrogen) atoms. The molecule has 1 atom stereocenters. The van der Waals surface area contributed by atoms with Crippen LogP contribution in [-0.4, -0.2) is 47.0 Å². The number of hydrogen-bond donors (Lipinski definition) is 2. The summed E-state index contributed by atoms with van der Waals surface area (Å²) >= 11 is 2.92. The lowest BCUT2D eigenvalue weighted by Gasteiger charge is -2.10. The first-order valence-electron chi connectivity index (χ1n) is 8.90. The van der Waals surface area contributed by atoms with E-state index in [0.29, 0.717) is 23.7 Å². The number of aromatic nitrogens is 2. The minimum Gasteiger partial charge on any atom is -0.376 e. The van der Waals surface area contributed by atoms with E-state index in [1.54, 1.807) is 23.9 Å². The summed E-state index contributed by atoms with van der Waals surface area (Å²) in [6, 6.07) is 7.14. The normalized spacial score (nSPS) is 16.2. The van der Waals surface area contributed by atoms with Crippen molar-refractivity contribution in [3.8, 4) is 0 Å². The van der Waals surface area contributed by atoms with Crippen LogP contribution in [0.15, 0.2) is 34.7 Å². The molecule has 3 heterocycles. The number of thiophene rings is 1. The van der Waals surface area contributed by atoms with E-state index in [1.165, 1.54) is 11.3 Å². The summed E-state index contributed by atoms with van der Waals surface area (Å²) in [6.45, 7) is 1.41. The summed E-state index contributed by atoms with van der Waals surface area (Å²) in [6.07, 6.45) is 3.54. The van der Waals surface area contributed by atoms with Gasteiger partial charge in [0.1, 0.15) is 5.03 Å². The summed E-state index contributed by atoms with van der Waals surface area (Å²) in [7, 11) is 0. The van der Waals surface area contributed by atoms with Gasteiger partial charge in [-0.25, -0.2) is 0 Å². The van der Waals surface area contributed by atoms with E-state index in [-0.39, 0.29) is 17.9 Å². The number of carbonyl (C=O) groups is 2. The molecule has 0 spiro atoms. The van der Waals surface area contributed by atoms with Crippen molar-refractivity contribution in [2.75, 3.05) is 24.2 Å². The molecule has 0 aliphatic carbocycles. The molecule has 1 aliphatic heterocycles. The number of anilines is 1. The van der Waals surface area contributed by atoms with Crippen molar-refractivity contribution >= 4 is 40.7 Å². The molecule has 7 nitrogen and oxygen atoms in total. The van der Waals surface area contributed by atoms with Gasteiger partial charge in [0.25, 0.3) is 5.91 Å². The topological polar surface area (TPSA) is 93.2 Å². The van der Waals surface area contributed by atoms with E-state index in [4.69, 9.17) is 4.74 Å². The van der Waals surface area contributed by atoms with Crippen LogP contribution in [-0.2, 0) is 9.53 Å². The van der Waals surface area contributed by atoms with Crippen molar-refractivity contribution in [1.29, 1.82) is 0 Å². The zero-order chi connectivity index (χ0) is 18.9. The highest BCUT2D eigenvalue weighted by Gasteiger charge is 2.15. The van der Waals surface area contributed by atoms with Gasteiger partial charge >= 0.3 is 0 Å². The number of rotatable bonds is 9. The first-order chi connectivity index (χ1) is 13.2. The van der Waals surface area contributed by atoms with Gasteiger partial charge in [0.2, 0.25) is 5.91 Å². The van der Waals surface area contributed by atoms with E-state index in [1.807, 2.05) is 17.5 Å². The van der Waals surface area contributed by atoms with Gasteiger partial charge < -0.3 is 15.4 Å². The van der Waals surface area contributed by atoms with E-state index in [0.717, 1.165) is 36.6 Å². The lowest BCUT2D eigenvalue weighted by Crippen LogP contribution is -2.31. The Morgan fingerprint density at radius 1 is 1.30 bits per heavy atom. The van der Waals surface area contributed by atoms with Crippen LogP contribution in [0.5, 0.6) is 0 Å². The summed E-state index contributed by atoms with van der Waals surface area (Å²) in [5.41, 5.74) is 0. The van der Waals surface area contributed by atoms with Crippen LogP contribution in [0.2, 0.25) is 0 Å². The van der Waals surface area contributed by atoms with Crippen LogP contribution >= 0.6 is 23.1 Å². The molecule has 3 rings (SSSR count). The van der Waals surface area contributed by atoms with E-state index < -0.39 is 0 Å². The van der Waals surface area contributed by atoms with Gasteiger partial charge in [-0.3, -0.25) is 9.59 Å². The first-order valence-corrected chi connectivity index (χ1v) is 10.8. The fourth-order valence-corrected chi connectivity index (χ4v) is 3.96. The molecule has 1 fully saturated rings. The van der Waals surface area contributed by atoms with Crippen molar-refractivity contribution in [2.24, 2.45) is 0 Å². The minimum absolute atomic E-state index is 0.0591. The summed E-state index contributed by atoms with van der Waals surface area (Å²) in [5, 5.41) is 16.4. The standard InChI is InChI=1S/C18H22N4O3S2/c23-16(19-12-13-4-1-9-25-13)6-3-11-27-17-8-7-15(21-22-17)20-18(24)14-5-2-10-26-14/h2,5,7-8,10,13H,1,3-4,6,9,11-12H2,(H,19,23)(H,20,21,24)/t13-/m0/s1. The SMILES string of the molecule is O=C(CCCSc1ccc(NC(=O)c2cccs2)nn1)NC[C@@H]1CCCO1. The summed E-state index contributed by atoms with van der Waals surface area (Å²) < 4.78 is 5.48. The quantitative estimate of drug-likeness (QED) is 0.491. The second-order valence-electron chi connectivity index (χ2n) is 6.08. The Morgan fingerprint density at radius 3 is 2.93 bits per heavy atom. The monoisotopic (exact) mass is 406 g/mol. The second-order valence-corrected chi connectivity index (χ2v) is 8.14.